The summed E-state index contributed by atoms with van der Waals surface area (Å²) in [6.45, 7) is 2.60. The number of benzene rings is 2. The van der Waals surface area contributed by atoms with Crippen LogP contribution in [0, 0.1) is 6.92 Å². The van der Waals surface area contributed by atoms with Crippen molar-refractivity contribution in [1.29, 1.82) is 0 Å². The number of halogens is 2. The standard InChI is InChI=1S/C24H22Cl2N4O3/c1-13-4-3-5-15-16-11-19(24(33)27-8-9-30(2)12-20(31)32)28-22(23(16)29-21(13)15)14-6-7-17(25)18(26)10-14/h3-7,10-11,29H,8-9,12H2,1-2H3,(H,27,33)(H,31,32). The highest BCUT2D eigenvalue weighted by atomic mass is 35.5. The van der Waals surface area contributed by atoms with Crippen molar-refractivity contribution < 1.29 is 14.7 Å². The van der Waals surface area contributed by atoms with E-state index in [1.165, 1.54) is 0 Å². The Morgan fingerprint density at radius 1 is 1.09 bits per heavy atom. The smallest absolute Gasteiger partial charge is 0.317 e. The highest BCUT2D eigenvalue weighted by molar-refractivity contribution is 6.42. The average Bonchev–Trinajstić information content (AvgIpc) is 3.14. The number of aromatic nitrogens is 2. The normalized spacial score (nSPS) is 11.4. The molecule has 0 aliphatic rings. The maximum atomic E-state index is 13.0. The van der Waals surface area contributed by atoms with Crippen LogP contribution in [0.15, 0.2) is 42.5 Å². The number of pyridine rings is 1. The number of hydrogen-bond acceptors (Lipinski definition) is 4. The second kappa shape index (κ2) is 9.39. The zero-order valence-electron chi connectivity index (χ0n) is 18.1. The summed E-state index contributed by atoms with van der Waals surface area (Å²) in [7, 11) is 1.68. The van der Waals surface area contributed by atoms with Gasteiger partial charge in [0.1, 0.15) is 5.69 Å². The van der Waals surface area contributed by atoms with Gasteiger partial charge >= 0.3 is 5.97 Å². The molecule has 0 atom stereocenters. The lowest BCUT2D eigenvalue weighted by molar-refractivity contribution is -0.137. The summed E-state index contributed by atoms with van der Waals surface area (Å²) in [6.07, 6.45) is 0. The number of carbonyl (C=O) groups excluding carboxylic acids is 1. The summed E-state index contributed by atoms with van der Waals surface area (Å²) in [5, 5.41) is 14.4. The van der Waals surface area contributed by atoms with Crippen LogP contribution in [0.2, 0.25) is 10.0 Å². The molecule has 0 radical (unpaired) electrons. The predicted molar refractivity (Wildman–Crippen MR) is 131 cm³/mol. The quantitative estimate of drug-likeness (QED) is 0.351. The van der Waals surface area contributed by atoms with Gasteiger partial charge < -0.3 is 15.4 Å². The van der Waals surface area contributed by atoms with E-state index in [2.05, 4.69) is 15.3 Å². The number of para-hydroxylation sites is 1. The van der Waals surface area contributed by atoms with E-state index in [0.29, 0.717) is 22.3 Å². The topological polar surface area (TPSA) is 98.3 Å². The molecule has 0 saturated heterocycles. The van der Waals surface area contributed by atoms with Gasteiger partial charge in [-0.15, -0.1) is 0 Å². The summed E-state index contributed by atoms with van der Waals surface area (Å²) in [6, 6.07) is 13.0. The summed E-state index contributed by atoms with van der Waals surface area (Å²) >= 11 is 12.4. The molecule has 7 nitrogen and oxygen atoms in total. The van der Waals surface area contributed by atoms with Crippen molar-refractivity contribution in [2.75, 3.05) is 26.7 Å². The van der Waals surface area contributed by atoms with E-state index in [4.69, 9.17) is 28.3 Å². The largest absolute Gasteiger partial charge is 0.480 e. The van der Waals surface area contributed by atoms with E-state index < -0.39 is 5.97 Å². The van der Waals surface area contributed by atoms with E-state index in [1.54, 1.807) is 30.1 Å². The van der Waals surface area contributed by atoms with Crippen LogP contribution in [0.1, 0.15) is 16.1 Å². The molecule has 2 aromatic carbocycles. The number of carboxylic acids is 1. The van der Waals surface area contributed by atoms with Crippen LogP contribution in [0.25, 0.3) is 33.1 Å². The summed E-state index contributed by atoms with van der Waals surface area (Å²) in [5.74, 6) is -1.26. The number of nitrogens with zero attached hydrogens (tertiary/aromatic N) is 2. The lowest BCUT2D eigenvalue weighted by atomic mass is 10.1. The molecule has 170 valence electrons. The lowest BCUT2D eigenvalue weighted by Gasteiger charge is -2.14. The van der Waals surface area contributed by atoms with Crippen LogP contribution in [0.5, 0.6) is 0 Å². The Labute approximate surface area is 200 Å². The molecule has 3 N–H and O–H groups in total. The number of fused-ring (bicyclic) bond motifs is 3. The summed E-state index contributed by atoms with van der Waals surface area (Å²) in [5.41, 5.74) is 4.44. The van der Waals surface area contributed by atoms with Crippen LogP contribution >= 0.6 is 23.2 Å². The molecular formula is C24H22Cl2N4O3. The highest BCUT2D eigenvalue weighted by Crippen LogP contribution is 2.35. The molecular weight excluding hydrogens is 463 g/mol. The van der Waals surface area contributed by atoms with E-state index >= 15 is 0 Å². The fraction of sp³-hybridized carbons (Fsp3) is 0.208. The third kappa shape index (κ3) is 4.80. The van der Waals surface area contributed by atoms with Crippen LogP contribution in [0.4, 0.5) is 0 Å². The molecule has 0 saturated carbocycles. The number of aromatic amines is 1. The minimum atomic E-state index is -0.920. The number of amides is 1. The molecule has 0 spiro atoms. The van der Waals surface area contributed by atoms with Gasteiger partial charge in [0, 0.05) is 34.9 Å². The maximum absolute atomic E-state index is 13.0. The monoisotopic (exact) mass is 484 g/mol. The summed E-state index contributed by atoms with van der Waals surface area (Å²) < 4.78 is 0. The number of carboxylic acid groups (broad SMARTS) is 1. The number of aryl methyl sites for hydroxylation is 1. The molecule has 0 fully saturated rings. The van der Waals surface area contributed by atoms with Crippen LogP contribution in [-0.2, 0) is 4.79 Å². The molecule has 2 aromatic heterocycles. The van der Waals surface area contributed by atoms with Gasteiger partial charge in [-0.1, -0.05) is 47.5 Å². The number of rotatable bonds is 7. The molecule has 4 aromatic rings. The Morgan fingerprint density at radius 2 is 1.88 bits per heavy atom. The molecule has 1 amide bonds. The van der Waals surface area contributed by atoms with Gasteiger partial charge in [-0.05, 0) is 37.7 Å². The first-order chi connectivity index (χ1) is 15.7. The molecule has 0 aliphatic carbocycles. The first-order valence-corrected chi connectivity index (χ1v) is 11.1. The number of likely N-dealkylation sites (N-methyl/N-ethyl adjacent to an activating group) is 1. The van der Waals surface area contributed by atoms with Gasteiger partial charge in [-0.25, -0.2) is 4.98 Å². The molecule has 0 aliphatic heterocycles. The average molecular weight is 485 g/mol. The van der Waals surface area contributed by atoms with E-state index in [-0.39, 0.29) is 24.7 Å². The minimum Gasteiger partial charge on any atom is -0.480 e. The lowest BCUT2D eigenvalue weighted by Crippen LogP contribution is -2.35. The van der Waals surface area contributed by atoms with Gasteiger partial charge in [0.2, 0.25) is 0 Å². The van der Waals surface area contributed by atoms with Crippen molar-refractivity contribution in [2.24, 2.45) is 0 Å². The van der Waals surface area contributed by atoms with Crippen molar-refractivity contribution >= 4 is 56.9 Å². The Bertz CT molecular complexity index is 1380. The Balaban J connectivity index is 1.76. The van der Waals surface area contributed by atoms with Crippen LogP contribution < -0.4 is 5.32 Å². The third-order valence-corrected chi connectivity index (χ3v) is 6.18. The fourth-order valence-corrected chi connectivity index (χ4v) is 4.09. The number of carbonyl (C=O) groups is 2. The second-order valence-electron chi connectivity index (χ2n) is 7.92. The Morgan fingerprint density at radius 3 is 2.61 bits per heavy atom. The molecule has 0 bridgehead atoms. The van der Waals surface area contributed by atoms with Crippen molar-refractivity contribution in [3.63, 3.8) is 0 Å². The Kier molecular flexibility index (Phi) is 6.56. The molecule has 0 unspecified atom stereocenters. The summed E-state index contributed by atoms with van der Waals surface area (Å²) in [4.78, 5) is 33.5. The molecule has 2 heterocycles. The van der Waals surface area contributed by atoms with Gasteiger partial charge in [-0.3, -0.25) is 14.5 Å². The molecule has 9 heteroatoms. The Hall–Kier alpha value is -3.13. The van der Waals surface area contributed by atoms with Gasteiger partial charge in [0.25, 0.3) is 5.91 Å². The maximum Gasteiger partial charge on any atom is 0.317 e. The van der Waals surface area contributed by atoms with Crippen molar-refractivity contribution in [2.45, 2.75) is 6.92 Å². The van der Waals surface area contributed by atoms with E-state index in [9.17, 15) is 9.59 Å². The minimum absolute atomic E-state index is 0.101. The number of H-pyrrole nitrogens is 1. The van der Waals surface area contributed by atoms with Crippen molar-refractivity contribution in [3.05, 3.63) is 63.8 Å². The molecule has 4 rings (SSSR count). The number of aliphatic carboxylic acids is 1. The SMILES string of the molecule is Cc1cccc2c1[nH]c1c(-c3ccc(Cl)c(Cl)c3)nc(C(=O)NCCN(C)CC(=O)O)cc12. The third-order valence-electron chi connectivity index (χ3n) is 5.44. The highest BCUT2D eigenvalue weighted by Gasteiger charge is 2.18. The van der Waals surface area contributed by atoms with Crippen LogP contribution in [-0.4, -0.2) is 58.5 Å². The van der Waals surface area contributed by atoms with Gasteiger partial charge in [0.15, 0.2) is 0 Å². The molecule has 33 heavy (non-hydrogen) atoms. The number of nitrogens with one attached hydrogen (secondary N) is 2. The van der Waals surface area contributed by atoms with Crippen LogP contribution in [0.3, 0.4) is 0 Å². The van der Waals surface area contributed by atoms with Gasteiger partial charge in [-0.2, -0.15) is 0 Å². The van der Waals surface area contributed by atoms with Crippen molar-refractivity contribution in [1.82, 2.24) is 20.2 Å². The zero-order valence-corrected chi connectivity index (χ0v) is 19.6. The van der Waals surface area contributed by atoms with E-state index in [1.807, 2.05) is 31.2 Å². The van der Waals surface area contributed by atoms with Crippen molar-refractivity contribution in [3.8, 4) is 11.3 Å². The first-order valence-electron chi connectivity index (χ1n) is 10.3. The first kappa shape index (κ1) is 23.0. The van der Waals surface area contributed by atoms with E-state index in [0.717, 1.165) is 32.9 Å². The fourth-order valence-electron chi connectivity index (χ4n) is 3.80. The zero-order chi connectivity index (χ0) is 23.7. The predicted octanol–water partition coefficient (Wildman–Crippen LogP) is 4.74. The number of hydrogen-bond donors (Lipinski definition) is 3. The second-order valence-corrected chi connectivity index (χ2v) is 8.73. The van der Waals surface area contributed by atoms with Gasteiger partial charge in [0.05, 0.1) is 27.8 Å².